The smallest absolute Gasteiger partial charge is 0.246 e. The van der Waals surface area contributed by atoms with Crippen LogP contribution in [0.5, 0.6) is 0 Å². The van der Waals surface area contributed by atoms with Crippen molar-refractivity contribution in [2.75, 3.05) is 19.7 Å². The highest BCUT2D eigenvalue weighted by Crippen LogP contribution is 2.36. The normalized spacial score (nSPS) is 29.2. The zero-order valence-corrected chi connectivity index (χ0v) is 18.9. The lowest BCUT2D eigenvalue weighted by molar-refractivity contribution is -0.142. The maximum Gasteiger partial charge on any atom is 0.246 e. The van der Waals surface area contributed by atoms with Crippen molar-refractivity contribution in [2.24, 2.45) is 5.92 Å². The lowest BCUT2D eigenvalue weighted by Crippen LogP contribution is -2.54. The van der Waals surface area contributed by atoms with Gasteiger partial charge in [-0.3, -0.25) is 9.59 Å². The maximum absolute atomic E-state index is 14.0. The molecule has 168 valence electrons. The number of rotatable bonds is 4. The van der Waals surface area contributed by atoms with Crippen LogP contribution in [-0.4, -0.2) is 64.8 Å². The summed E-state index contributed by atoms with van der Waals surface area (Å²) in [5.74, 6) is 0.224. The average molecular weight is 453 g/mol. The number of hydrogen-bond acceptors (Lipinski definition) is 4. The van der Waals surface area contributed by atoms with Crippen LogP contribution in [0.3, 0.4) is 0 Å². The monoisotopic (exact) mass is 452 g/mol. The highest BCUT2D eigenvalue weighted by molar-refractivity contribution is 6.22. The molecule has 3 aliphatic heterocycles. The molecule has 4 atom stereocenters. The van der Waals surface area contributed by atoms with Crippen LogP contribution in [-0.2, 0) is 14.3 Å². The number of alkyl halides is 1. The Hall–Kier alpha value is -2.11. The molecule has 3 heterocycles. The fraction of sp³-hybridized carbons (Fsp3) is 0.500. The summed E-state index contributed by atoms with van der Waals surface area (Å²) in [7, 11) is 0. The number of Topliss-reactive ketones (excluding diaryl/α,β-unsaturated/α-hetero) is 1. The van der Waals surface area contributed by atoms with Crippen molar-refractivity contribution in [3.05, 3.63) is 60.7 Å². The van der Waals surface area contributed by atoms with Gasteiger partial charge in [0.25, 0.3) is 0 Å². The summed E-state index contributed by atoms with van der Waals surface area (Å²) in [6.45, 7) is 7.07. The van der Waals surface area contributed by atoms with Crippen molar-refractivity contribution in [1.82, 2.24) is 9.80 Å². The number of carbonyl (C=O) groups excluding carboxylic acids is 2. The third-order valence-electron chi connectivity index (χ3n) is 7.25. The number of ketones is 1. The number of nitrogens with zero attached hydrogens (tertiary/aromatic N) is 2. The van der Waals surface area contributed by atoms with Gasteiger partial charge in [0.15, 0.2) is 5.78 Å². The van der Waals surface area contributed by atoms with E-state index in [0.717, 1.165) is 36.8 Å². The molecule has 4 aliphatic rings. The molecule has 0 unspecified atom stereocenters. The molecule has 6 heteroatoms. The summed E-state index contributed by atoms with van der Waals surface area (Å²) in [6, 6.07) is 6.94. The van der Waals surface area contributed by atoms with Gasteiger partial charge in [0.05, 0.1) is 5.38 Å². The fourth-order valence-corrected chi connectivity index (χ4v) is 6.08. The van der Waals surface area contributed by atoms with Crippen molar-refractivity contribution in [1.29, 1.82) is 0 Å². The number of likely N-dealkylation sites (tertiary alicyclic amines) is 1. The Morgan fingerprint density at radius 1 is 1.22 bits per heavy atom. The summed E-state index contributed by atoms with van der Waals surface area (Å²) >= 11 is 6.49. The first-order valence-corrected chi connectivity index (χ1v) is 12.1. The van der Waals surface area contributed by atoms with Gasteiger partial charge >= 0.3 is 0 Å². The minimum atomic E-state index is -0.547. The minimum Gasteiger partial charge on any atom is -0.366 e. The summed E-state index contributed by atoms with van der Waals surface area (Å²) in [5.41, 5.74) is 2.78. The second-order valence-electron chi connectivity index (χ2n) is 9.35. The predicted molar refractivity (Wildman–Crippen MR) is 124 cm³/mol. The third kappa shape index (κ3) is 4.01. The predicted octanol–water partition coefficient (Wildman–Crippen LogP) is 3.69. The second kappa shape index (κ2) is 9.03. The van der Waals surface area contributed by atoms with E-state index in [1.165, 1.54) is 6.42 Å². The van der Waals surface area contributed by atoms with Crippen molar-refractivity contribution in [3.8, 4) is 0 Å². The lowest BCUT2D eigenvalue weighted by Gasteiger charge is -2.40. The number of benzene rings is 1. The number of ether oxygens (including phenoxy) is 1. The quantitative estimate of drug-likeness (QED) is 0.654. The molecule has 2 saturated heterocycles. The molecule has 3 fully saturated rings. The number of hydrogen-bond donors (Lipinski definition) is 0. The van der Waals surface area contributed by atoms with Gasteiger partial charge in [0.2, 0.25) is 5.91 Å². The molecule has 1 amide bonds. The van der Waals surface area contributed by atoms with Gasteiger partial charge < -0.3 is 14.5 Å². The zero-order chi connectivity index (χ0) is 22.2. The largest absolute Gasteiger partial charge is 0.366 e. The molecule has 0 spiro atoms. The van der Waals surface area contributed by atoms with Gasteiger partial charge in [-0.2, -0.15) is 0 Å². The van der Waals surface area contributed by atoms with Crippen LogP contribution in [0, 0.1) is 12.8 Å². The van der Waals surface area contributed by atoms with E-state index in [1.54, 1.807) is 4.90 Å². The van der Waals surface area contributed by atoms with Gasteiger partial charge in [0, 0.05) is 19.3 Å². The number of amides is 1. The molecule has 5 nitrogen and oxygen atoms in total. The Kier molecular flexibility index (Phi) is 6.13. The van der Waals surface area contributed by atoms with Crippen molar-refractivity contribution in [2.45, 2.75) is 55.7 Å². The van der Waals surface area contributed by atoms with Crippen LogP contribution < -0.4 is 0 Å². The van der Waals surface area contributed by atoms with Gasteiger partial charge in [-0.15, -0.1) is 11.6 Å². The molecule has 32 heavy (non-hydrogen) atoms. The van der Waals surface area contributed by atoms with Crippen LogP contribution in [0.1, 0.15) is 43.2 Å². The van der Waals surface area contributed by atoms with E-state index in [9.17, 15) is 9.59 Å². The fourth-order valence-electron chi connectivity index (χ4n) is 5.72. The van der Waals surface area contributed by atoms with E-state index in [2.05, 4.69) is 23.3 Å². The Morgan fingerprint density at radius 3 is 2.81 bits per heavy atom. The third-order valence-corrected chi connectivity index (χ3v) is 7.64. The molecule has 1 aliphatic carbocycles. The van der Waals surface area contributed by atoms with E-state index >= 15 is 0 Å². The average Bonchev–Trinajstić information content (AvgIpc) is 3.35. The van der Waals surface area contributed by atoms with E-state index in [-0.39, 0.29) is 41.7 Å². The molecule has 1 aromatic rings. The van der Waals surface area contributed by atoms with Crippen LogP contribution in [0.25, 0.3) is 5.57 Å². The molecule has 5 rings (SSSR count). The molecule has 0 bridgehead atoms. The Bertz CT molecular complexity index is 952. The number of carbonyl (C=O) groups is 2. The minimum absolute atomic E-state index is 0.00683. The van der Waals surface area contributed by atoms with E-state index in [0.29, 0.717) is 18.7 Å². The van der Waals surface area contributed by atoms with Crippen LogP contribution in [0.4, 0.5) is 0 Å². The van der Waals surface area contributed by atoms with Gasteiger partial charge in [-0.1, -0.05) is 55.7 Å². The van der Waals surface area contributed by atoms with E-state index in [1.807, 2.05) is 24.3 Å². The number of allylic oxidation sites excluding steroid dienone is 2. The first-order valence-electron chi connectivity index (χ1n) is 11.6. The maximum atomic E-state index is 14.0. The van der Waals surface area contributed by atoms with Crippen molar-refractivity contribution in [3.63, 3.8) is 0 Å². The van der Waals surface area contributed by atoms with Crippen LogP contribution in [0.2, 0.25) is 0 Å². The Morgan fingerprint density at radius 2 is 2.03 bits per heavy atom. The molecule has 0 N–H and O–H groups in total. The highest BCUT2D eigenvalue weighted by Gasteiger charge is 2.53. The number of halogens is 1. The summed E-state index contributed by atoms with van der Waals surface area (Å²) in [6.07, 6.45) is 11.4. The van der Waals surface area contributed by atoms with Crippen LogP contribution in [0.15, 0.2) is 42.6 Å². The molecule has 1 aromatic carbocycles. The zero-order valence-electron chi connectivity index (χ0n) is 18.2. The molecule has 1 saturated carbocycles. The van der Waals surface area contributed by atoms with Gasteiger partial charge in [-0.05, 0) is 42.4 Å². The van der Waals surface area contributed by atoms with E-state index in [4.69, 9.17) is 23.3 Å². The van der Waals surface area contributed by atoms with Crippen LogP contribution >= 0.6 is 11.6 Å². The van der Waals surface area contributed by atoms with Gasteiger partial charge in [-0.25, -0.2) is 0 Å². The topological polar surface area (TPSA) is 49.9 Å². The molecule has 0 aromatic heterocycles. The van der Waals surface area contributed by atoms with Gasteiger partial charge in [0.1, 0.15) is 24.8 Å². The molecule has 2 radical (unpaired) electrons. The number of fused-ring (bicyclic) bond motifs is 1. The standard InChI is InChI=1S/C26H29ClN2O3/c1-17-7-5-10-19(13-17)20-11-6-12-28(14-20)23(18-8-3-2-4-9-18)26(31)29-15-21(27)25-24(29)22(30)16-32-25/h1,5-7,10-11,13-14,18,21,23-25H,2-4,8-9,12,15-16H2/t21-,23-,24+,25+/m0/s1. The lowest BCUT2D eigenvalue weighted by atomic mass is 9.82. The van der Waals surface area contributed by atoms with Crippen molar-refractivity contribution < 1.29 is 14.3 Å². The second-order valence-corrected chi connectivity index (χ2v) is 9.91. The summed E-state index contributed by atoms with van der Waals surface area (Å²) in [4.78, 5) is 30.4. The Balaban J connectivity index is 1.47. The first kappa shape index (κ1) is 21.7. The highest BCUT2D eigenvalue weighted by atomic mass is 35.5. The molecular formula is C26H29ClN2O3. The first-order chi connectivity index (χ1) is 15.5. The van der Waals surface area contributed by atoms with E-state index < -0.39 is 6.04 Å². The summed E-state index contributed by atoms with van der Waals surface area (Å²) < 4.78 is 5.61. The Labute approximate surface area is 195 Å². The summed E-state index contributed by atoms with van der Waals surface area (Å²) in [5, 5.41) is -0.345. The molecular weight excluding hydrogens is 424 g/mol. The van der Waals surface area contributed by atoms with Crippen molar-refractivity contribution >= 4 is 28.9 Å². The SMILES string of the molecule is [CH]c1cccc(C2=CN([C@H](C(=O)N3C[C@H](Cl)[C@H]4OCC(=O)[C@H]43)C3CCCCC3)CC=C2)c1.